The van der Waals surface area contributed by atoms with E-state index in [2.05, 4.69) is 4.98 Å². The second-order valence-corrected chi connectivity index (χ2v) is 9.80. The van der Waals surface area contributed by atoms with Crippen LogP contribution < -0.4 is 10.3 Å². The van der Waals surface area contributed by atoms with Crippen molar-refractivity contribution in [3.63, 3.8) is 0 Å². The summed E-state index contributed by atoms with van der Waals surface area (Å²) >= 11 is 1.38. The number of carbonyl (C=O) groups excluding carboxylic acids is 1. The predicted molar refractivity (Wildman–Crippen MR) is 137 cm³/mol. The molecule has 176 valence electrons. The third kappa shape index (κ3) is 3.88. The molecule has 0 N–H and O–H groups in total. The van der Waals surface area contributed by atoms with Gasteiger partial charge in [0, 0.05) is 24.2 Å². The Morgan fingerprint density at radius 2 is 1.91 bits per heavy atom. The first-order valence-corrected chi connectivity index (χ1v) is 12.8. The summed E-state index contributed by atoms with van der Waals surface area (Å²) in [4.78, 5) is 34.5. The molecular weight excluding hydrogens is 446 g/mol. The minimum absolute atomic E-state index is 0.0350. The summed E-state index contributed by atoms with van der Waals surface area (Å²) in [6.07, 6.45) is 7.34. The Labute approximate surface area is 202 Å². The van der Waals surface area contributed by atoms with Gasteiger partial charge < -0.3 is 14.2 Å². The van der Waals surface area contributed by atoms with E-state index >= 15 is 0 Å². The van der Waals surface area contributed by atoms with Crippen molar-refractivity contribution < 1.29 is 9.53 Å². The quantitative estimate of drug-likeness (QED) is 0.371. The van der Waals surface area contributed by atoms with Crippen LogP contribution in [0.4, 0.5) is 0 Å². The van der Waals surface area contributed by atoms with Gasteiger partial charge in [-0.15, -0.1) is 11.3 Å². The fourth-order valence-corrected chi connectivity index (χ4v) is 6.43. The number of rotatable bonds is 6. The molecule has 0 unspecified atom stereocenters. The largest absolute Gasteiger partial charge is 0.494 e. The lowest BCUT2D eigenvalue weighted by Crippen LogP contribution is -2.41. The molecule has 0 saturated heterocycles. The normalized spacial score (nSPS) is 14.5. The number of thiophene rings is 1. The molecule has 7 heteroatoms. The number of aromatic nitrogens is 2. The number of nitrogens with zero attached hydrogens (tertiary/aromatic N) is 3. The van der Waals surface area contributed by atoms with Crippen LogP contribution >= 0.6 is 11.3 Å². The van der Waals surface area contributed by atoms with E-state index in [-0.39, 0.29) is 17.5 Å². The van der Waals surface area contributed by atoms with Crippen LogP contribution in [0.15, 0.2) is 53.5 Å². The zero-order chi connectivity index (χ0) is 23.7. The SMILES string of the molecule is CCN(C(=O)c1sc2c(c1OC)c(=O)n(Cc1ccccn1)c1ccccc21)C1CCCCC1. The fourth-order valence-electron chi connectivity index (χ4n) is 5.18. The Hall–Kier alpha value is -3.19. The average Bonchev–Trinajstić information content (AvgIpc) is 3.28. The topological polar surface area (TPSA) is 64.4 Å². The van der Waals surface area contributed by atoms with Crippen molar-refractivity contribution in [3.05, 3.63) is 69.6 Å². The summed E-state index contributed by atoms with van der Waals surface area (Å²) in [5.74, 6) is 0.358. The summed E-state index contributed by atoms with van der Waals surface area (Å²) in [5, 5.41) is 1.42. The van der Waals surface area contributed by atoms with E-state index in [0.717, 1.165) is 47.0 Å². The van der Waals surface area contributed by atoms with Crippen LogP contribution in [0.3, 0.4) is 0 Å². The zero-order valence-corrected chi connectivity index (χ0v) is 20.4. The highest BCUT2D eigenvalue weighted by atomic mass is 32.1. The van der Waals surface area contributed by atoms with Crippen LogP contribution in [-0.2, 0) is 6.54 Å². The maximum atomic E-state index is 13.8. The van der Waals surface area contributed by atoms with Gasteiger partial charge in [-0.1, -0.05) is 43.5 Å². The lowest BCUT2D eigenvalue weighted by molar-refractivity contribution is 0.0650. The van der Waals surface area contributed by atoms with Crippen LogP contribution in [0, 0.1) is 0 Å². The van der Waals surface area contributed by atoms with Gasteiger partial charge in [-0.25, -0.2) is 0 Å². The Balaban J connectivity index is 1.70. The number of benzene rings is 1. The van der Waals surface area contributed by atoms with E-state index in [1.54, 1.807) is 17.9 Å². The molecule has 0 spiro atoms. The molecule has 0 aliphatic heterocycles. The highest BCUT2D eigenvalue weighted by Crippen LogP contribution is 2.41. The first kappa shape index (κ1) is 22.6. The Morgan fingerprint density at radius 1 is 1.15 bits per heavy atom. The predicted octanol–water partition coefficient (Wildman–Crippen LogP) is 5.46. The van der Waals surface area contributed by atoms with Gasteiger partial charge in [-0.3, -0.25) is 14.6 Å². The minimum Gasteiger partial charge on any atom is -0.494 e. The maximum Gasteiger partial charge on any atom is 0.268 e. The Bertz CT molecular complexity index is 1390. The molecular formula is C27H29N3O3S. The molecule has 1 saturated carbocycles. The number of pyridine rings is 2. The molecule has 5 rings (SSSR count). The molecule has 3 heterocycles. The molecule has 3 aromatic heterocycles. The molecule has 1 amide bonds. The number of methoxy groups -OCH3 is 1. The molecule has 0 atom stereocenters. The van der Waals surface area contributed by atoms with Gasteiger partial charge in [0.15, 0.2) is 5.75 Å². The van der Waals surface area contributed by atoms with Crippen molar-refractivity contribution in [1.82, 2.24) is 14.5 Å². The molecule has 1 aliphatic rings. The van der Waals surface area contributed by atoms with E-state index < -0.39 is 0 Å². The lowest BCUT2D eigenvalue weighted by atomic mass is 9.94. The smallest absolute Gasteiger partial charge is 0.268 e. The number of fused-ring (bicyclic) bond motifs is 3. The third-order valence-corrected chi connectivity index (χ3v) is 8.02. The second-order valence-electron chi connectivity index (χ2n) is 8.78. The van der Waals surface area contributed by atoms with Crippen molar-refractivity contribution >= 4 is 38.2 Å². The van der Waals surface area contributed by atoms with E-state index in [1.807, 2.05) is 54.3 Å². The monoisotopic (exact) mass is 475 g/mol. The van der Waals surface area contributed by atoms with Crippen LogP contribution in [0.5, 0.6) is 5.75 Å². The number of ether oxygens (including phenoxy) is 1. The summed E-state index contributed by atoms with van der Waals surface area (Å²) in [5.41, 5.74) is 1.47. The van der Waals surface area contributed by atoms with Crippen molar-refractivity contribution in [1.29, 1.82) is 0 Å². The van der Waals surface area contributed by atoms with Crippen LogP contribution in [0.1, 0.15) is 54.4 Å². The standard InChI is InChI=1S/C27H29N3O3S/c1-3-29(19-12-5-4-6-13-19)27(32)25-23(33-2)22-24(34-25)20-14-7-8-15-21(20)30(26(22)31)17-18-11-9-10-16-28-18/h7-11,14-16,19H,3-6,12-13,17H2,1-2H3. The lowest BCUT2D eigenvalue weighted by Gasteiger charge is -2.33. The number of para-hydroxylation sites is 1. The number of hydrogen-bond donors (Lipinski definition) is 0. The zero-order valence-electron chi connectivity index (χ0n) is 19.6. The average molecular weight is 476 g/mol. The van der Waals surface area contributed by atoms with E-state index in [1.165, 1.54) is 17.8 Å². The van der Waals surface area contributed by atoms with Crippen LogP contribution in [-0.4, -0.2) is 40.1 Å². The van der Waals surface area contributed by atoms with E-state index in [0.29, 0.717) is 29.1 Å². The van der Waals surface area contributed by atoms with Gasteiger partial charge in [-0.05, 0) is 38.0 Å². The second kappa shape index (κ2) is 9.58. The molecule has 4 aromatic rings. The minimum atomic E-state index is -0.160. The number of hydrogen-bond acceptors (Lipinski definition) is 5. The summed E-state index contributed by atoms with van der Waals surface area (Å²) in [6, 6.07) is 13.8. The van der Waals surface area contributed by atoms with Gasteiger partial charge in [-0.2, -0.15) is 0 Å². The Kier molecular flexibility index (Phi) is 6.37. The number of carbonyl (C=O) groups is 1. The van der Waals surface area contributed by atoms with Gasteiger partial charge in [0.05, 0.1) is 29.6 Å². The van der Waals surface area contributed by atoms with Crippen molar-refractivity contribution in [3.8, 4) is 5.75 Å². The molecule has 0 bridgehead atoms. The summed E-state index contributed by atoms with van der Waals surface area (Å²) < 4.78 is 8.31. The molecule has 6 nitrogen and oxygen atoms in total. The first-order valence-electron chi connectivity index (χ1n) is 12.0. The highest BCUT2D eigenvalue weighted by Gasteiger charge is 2.31. The van der Waals surface area contributed by atoms with Crippen LogP contribution in [0.2, 0.25) is 0 Å². The van der Waals surface area contributed by atoms with Gasteiger partial charge in [0.1, 0.15) is 10.3 Å². The number of amides is 1. The van der Waals surface area contributed by atoms with Crippen LogP contribution in [0.25, 0.3) is 21.0 Å². The highest BCUT2D eigenvalue weighted by molar-refractivity contribution is 7.22. The first-order chi connectivity index (χ1) is 16.6. The molecule has 34 heavy (non-hydrogen) atoms. The van der Waals surface area contributed by atoms with Gasteiger partial charge in [0.25, 0.3) is 11.5 Å². The summed E-state index contributed by atoms with van der Waals surface area (Å²) in [7, 11) is 1.55. The van der Waals surface area contributed by atoms with Crippen molar-refractivity contribution in [2.45, 2.75) is 51.6 Å². The molecule has 1 aromatic carbocycles. The molecule has 1 fully saturated rings. The van der Waals surface area contributed by atoms with E-state index in [9.17, 15) is 9.59 Å². The van der Waals surface area contributed by atoms with Gasteiger partial charge in [0.2, 0.25) is 0 Å². The van der Waals surface area contributed by atoms with Crippen molar-refractivity contribution in [2.24, 2.45) is 0 Å². The third-order valence-electron chi connectivity index (χ3n) is 6.82. The summed E-state index contributed by atoms with van der Waals surface area (Å²) in [6.45, 7) is 3.02. The van der Waals surface area contributed by atoms with Gasteiger partial charge >= 0.3 is 0 Å². The van der Waals surface area contributed by atoms with E-state index in [4.69, 9.17) is 4.74 Å². The molecule has 0 radical (unpaired) electrons. The maximum absolute atomic E-state index is 13.8. The van der Waals surface area contributed by atoms with Crippen molar-refractivity contribution in [2.75, 3.05) is 13.7 Å². The Morgan fingerprint density at radius 3 is 2.62 bits per heavy atom. The molecule has 1 aliphatic carbocycles. The fraction of sp³-hybridized carbons (Fsp3) is 0.370.